The lowest BCUT2D eigenvalue weighted by molar-refractivity contribution is 0.660. The van der Waals surface area contributed by atoms with Gasteiger partial charge in [0.05, 0.1) is 11.6 Å². The maximum atomic E-state index is 9.48. The molecule has 0 heterocycles. The van der Waals surface area contributed by atoms with E-state index < -0.39 is 0 Å². The molecule has 0 saturated heterocycles. The van der Waals surface area contributed by atoms with Gasteiger partial charge in [0.25, 0.3) is 0 Å². The lowest BCUT2D eigenvalue weighted by Gasteiger charge is -2.22. The summed E-state index contributed by atoms with van der Waals surface area (Å²) in [5.74, 6) is 0. The van der Waals surface area contributed by atoms with E-state index in [-0.39, 0.29) is 5.41 Å². The van der Waals surface area contributed by atoms with Crippen molar-refractivity contribution in [2.75, 3.05) is 0 Å². The normalized spacial score (nSPS) is 13.3. The van der Waals surface area contributed by atoms with Crippen molar-refractivity contribution in [1.82, 2.24) is 0 Å². The zero-order valence-electron chi connectivity index (χ0n) is 23.1. The number of nitrogens with zero attached hydrogens (tertiary/aromatic N) is 1. The molecule has 0 unspecified atom stereocenters. The van der Waals surface area contributed by atoms with Crippen molar-refractivity contribution in [1.29, 1.82) is 5.26 Å². The van der Waals surface area contributed by atoms with Gasteiger partial charge in [-0.2, -0.15) is 5.26 Å². The van der Waals surface area contributed by atoms with Gasteiger partial charge in [-0.25, -0.2) is 0 Å². The predicted molar refractivity (Wildman–Crippen MR) is 172 cm³/mol. The van der Waals surface area contributed by atoms with Crippen LogP contribution in [-0.2, 0) is 5.41 Å². The van der Waals surface area contributed by atoms with Crippen LogP contribution in [0.15, 0.2) is 127 Å². The number of hydrogen-bond acceptors (Lipinski definition) is 1. The van der Waals surface area contributed by atoms with Crippen LogP contribution in [0.2, 0.25) is 0 Å². The predicted octanol–water partition coefficient (Wildman–Crippen LogP) is 10.7. The van der Waals surface area contributed by atoms with Gasteiger partial charge in [0.15, 0.2) is 0 Å². The van der Waals surface area contributed by atoms with E-state index in [0.717, 1.165) is 0 Å². The minimum absolute atomic E-state index is 0.159. The van der Waals surface area contributed by atoms with Crippen molar-refractivity contribution in [3.63, 3.8) is 0 Å². The average Bonchev–Trinajstić information content (AvgIpc) is 3.26. The maximum Gasteiger partial charge on any atom is 0.0991 e. The molecule has 0 fully saturated rings. The first-order valence-corrected chi connectivity index (χ1v) is 14.2. The van der Waals surface area contributed by atoms with Gasteiger partial charge >= 0.3 is 0 Å². The van der Waals surface area contributed by atoms with Gasteiger partial charge in [-0.1, -0.05) is 111 Å². The Morgan fingerprint density at radius 1 is 0.439 bits per heavy atom. The van der Waals surface area contributed by atoms with Crippen molar-refractivity contribution in [3.05, 3.63) is 144 Å². The quantitative estimate of drug-likeness (QED) is 0.208. The van der Waals surface area contributed by atoms with E-state index in [1.54, 1.807) is 0 Å². The van der Waals surface area contributed by atoms with Crippen molar-refractivity contribution < 1.29 is 0 Å². The van der Waals surface area contributed by atoms with E-state index in [2.05, 4.69) is 141 Å². The second kappa shape index (κ2) is 8.65. The molecular weight excluding hydrogens is 494 g/mol. The summed E-state index contributed by atoms with van der Waals surface area (Å²) in [6, 6.07) is 48.5. The summed E-state index contributed by atoms with van der Waals surface area (Å²) in [6.07, 6.45) is 0. The molecule has 1 nitrogen and oxygen atoms in total. The van der Waals surface area contributed by atoms with Crippen LogP contribution in [0.5, 0.6) is 0 Å². The molecule has 1 heteroatoms. The Morgan fingerprint density at radius 3 is 1.56 bits per heavy atom. The first kappa shape index (κ1) is 23.7. The molecule has 8 rings (SSSR count). The summed E-state index contributed by atoms with van der Waals surface area (Å²) in [6.45, 7) is 4.53. The van der Waals surface area contributed by atoms with Crippen molar-refractivity contribution in [3.8, 4) is 39.4 Å². The highest BCUT2D eigenvalue weighted by Gasteiger charge is 2.35. The van der Waals surface area contributed by atoms with Crippen LogP contribution in [0.3, 0.4) is 0 Å². The fourth-order valence-electron chi connectivity index (χ4n) is 6.95. The van der Waals surface area contributed by atoms with E-state index >= 15 is 0 Å². The van der Waals surface area contributed by atoms with Crippen molar-refractivity contribution in [2.45, 2.75) is 19.3 Å². The Labute approximate surface area is 239 Å². The number of nitriles is 1. The second-order valence-electron chi connectivity index (χ2n) is 11.7. The minimum atomic E-state index is -0.159. The molecule has 0 spiro atoms. The highest BCUT2D eigenvalue weighted by Crippen LogP contribution is 2.50. The third-order valence-corrected chi connectivity index (χ3v) is 9.08. The van der Waals surface area contributed by atoms with Crippen molar-refractivity contribution >= 4 is 32.3 Å². The van der Waals surface area contributed by atoms with Gasteiger partial charge in [0, 0.05) is 5.41 Å². The fraction of sp³-hybridized carbons (Fsp3) is 0.0750. The zero-order chi connectivity index (χ0) is 27.7. The molecular formula is C40H27N. The number of fused-ring (bicyclic) bond motifs is 9. The molecule has 192 valence electrons. The van der Waals surface area contributed by atoms with Crippen molar-refractivity contribution in [2.24, 2.45) is 0 Å². The Bertz CT molecular complexity index is 2210. The Morgan fingerprint density at radius 2 is 0.927 bits per heavy atom. The van der Waals surface area contributed by atoms with Gasteiger partial charge in [-0.05, 0) is 107 Å². The molecule has 0 atom stereocenters. The smallest absolute Gasteiger partial charge is 0.0991 e. The number of benzene rings is 7. The summed E-state index contributed by atoms with van der Waals surface area (Å²) in [5, 5.41) is 17.2. The van der Waals surface area contributed by atoms with E-state index in [0.29, 0.717) is 5.56 Å². The molecule has 0 bridgehead atoms. The molecule has 0 amide bonds. The number of hydrogen-bond donors (Lipinski definition) is 0. The van der Waals surface area contributed by atoms with Crippen LogP contribution in [0.25, 0.3) is 65.7 Å². The molecule has 0 radical (unpaired) electrons. The standard InChI is InChI=1S/C40H27N/c1-40(2)38-20-25(24-41)14-17-35(38)36-19-16-29(23-39(36)40)27-9-7-8-26(21-27)28-15-18-34-32-12-4-3-10-30(32)31-11-5-6-13-33(31)37(34)22-28/h3-23H,1-2H3. The third kappa shape index (κ3) is 3.48. The van der Waals surface area contributed by atoms with Gasteiger partial charge in [-0.3, -0.25) is 0 Å². The van der Waals surface area contributed by atoms with Crippen LogP contribution in [0, 0.1) is 11.3 Å². The summed E-state index contributed by atoms with van der Waals surface area (Å²) in [5.41, 5.74) is 10.5. The summed E-state index contributed by atoms with van der Waals surface area (Å²) >= 11 is 0. The van der Waals surface area contributed by atoms with Gasteiger partial charge in [-0.15, -0.1) is 0 Å². The molecule has 7 aromatic carbocycles. The lowest BCUT2D eigenvalue weighted by atomic mass is 9.81. The van der Waals surface area contributed by atoms with Crippen LogP contribution >= 0.6 is 0 Å². The zero-order valence-corrected chi connectivity index (χ0v) is 23.1. The summed E-state index contributed by atoms with van der Waals surface area (Å²) < 4.78 is 0. The summed E-state index contributed by atoms with van der Waals surface area (Å²) in [4.78, 5) is 0. The van der Waals surface area contributed by atoms with E-state index in [1.807, 2.05) is 6.07 Å². The molecule has 0 N–H and O–H groups in total. The molecule has 1 aliphatic carbocycles. The average molecular weight is 522 g/mol. The fourth-order valence-corrected chi connectivity index (χ4v) is 6.95. The van der Waals surface area contributed by atoms with Crippen LogP contribution in [0.4, 0.5) is 0 Å². The lowest BCUT2D eigenvalue weighted by Crippen LogP contribution is -2.15. The molecule has 0 saturated carbocycles. The van der Waals surface area contributed by atoms with E-state index in [4.69, 9.17) is 0 Å². The largest absolute Gasteiger partial charge is 0.192 e. The van der Waals surface area contributed by atoms with E-state index in [9.17, 15) is 5.26 Å². The van der Waals surface area contributed by atoms with E-state index in [1.165, 1.54) is 76.8 Å². The molecule has 7 aromatic rings. The Hall–Kier alpha value is -5.19. The molecule has 0 aliphatic heterocycles. The van der Waals surface area contributed by atoms with Gasteiger partial charge in [0.1, 0.15) is 0 Å². The highest BCUT2D eigenvalue weighted by molar-refractivity contribution is 6.25. The van der Waals surface area contributed by atoms with Crippen LogP contribution < -0.4 is 0 Å². The molecule has 41 heavy (non-hydrogen) atoms. The van der Waals surface area contributed by atoms with Gasteiger partial charge in [0.2, 0.25) is 0 Å². The Balaban J connectivity index is 1.25. The highest BCUT2D eigenvalue weighted by atomic mass is 14.4. The number of rotatable bonds is 2. The van der Waals surface area contributed by atoms with Crippen LogP contribution in [0.1, 0.15) is 30.5 Å². The topological polar surface area (TPSA) is 23.8 Å². The maximum absolute atomic E-state index is 9.48. The molecule has 0 aromatic heterocycles. The molecule has 1 aliphatic rings. The summed E-state index contributed by atoms with van der Waals surface area (Å²) in [7, 11) is 0. The monoisotopic (exact) mass is 521 g/mol. The third-order valence-electron chi connectivity index (χ3n) is 9.08. The SMILES string of the molecule is CC1(C)c2cc(C#N)ccc2-c2ccc(-c3cccc(-c4ccc5c6ccccc6c6ccccc6c5c4)c3)cc21. The first-order valence-electron chi connectivity index (χ1n) is 14.2. The second-order valence-corrected chi connectivity index (χ2v) is 11.7. The van der Waals surface area contributed by atoms with Gasteiger partial charge < -0.3 is 0 Å². The van der Waals surface area contributed by atoms with Crippen LogP contribution in [-0.4, -0.2) is 0 Å². The minimum Gasteiger partial charge on any atom is -0.192 e. The Kier molecular flexibility index (Phi) is 5.00. The first-order chi connectivity index (χ1) is 20.0.